The molecule has 2 rings (SSSR count). The summed E-state index contributed by atoms with van der Waals surface area (Å²) >= 11 is 0. The molecule has 0 radical (unpaired) electrons. The van der Waals surface area contributed by atoms with Crippen LogP contribution in [0.5, 0.6) is 0 Å². The molecule has 6 nitrogen and oxygen atoms in total. The summed E-state index contributed by atoms with van der Waals surface area (Å²) < 4.78 is 0. The summed E-state index contributed by atoms with van der Waals surface area (Å²) in [6.45, 7) is 6.02. The number of carbonyl (C=O) groups is 3. The van der Waals surface area contributed by atoms with Crippen LogP contribution >= 0.6 is 0 Å². The van der Waals surface area contributed by atoms with E-state index >= 15 is 0 Å². The van der Waals surface area contributed by atoms with Crippen molar-refractivity contribution in [3.63, 3.8) is 0 Å². The van der Waals surface area contributed by atoms with E-state index in [1.165, 1.54) is 0 Å². The highest BCUT2D eigenvalue weighted by Gasteiger charge is 2.51. The molecule has 0 saturated heterocycles. The van der Waals surface area contributed by atoms with E-state index in [0.29, 0.717) is 18.4 Å². The largest absolute Gasteiger partial charge is 0.480 e. The molecule has 1 aromatic rings. The molecule has 23 heavy (non-hydrogen) atoms. The summed E-state index contributed by atoms with van der Waals surface area (Å²) in [4.78, 5) is 34.7. The first-order valence-corrected chi connectivity index (χ1v) is 7.57. The quantitative estimate of drug-likeness (QED) is 0.765. The van der Waals surface area contributed by atoms with Gasteiger partial charge >= 0.3 is 5.97 Å². The van der Waals surface area contributed by atoms with Crippen LogP contribution in [0, 0.1) is 0 Å². The molecular formula is C17H22N2O4. The van der Waals surface area contributed by atoms with Crippen molar-refractivity contribution in [1.82, 2.24) is 10.6 Å². The summed E-state index contributed by atoms with van der Waals surface area (Å²) in [5, 5.41) is 13.9. The minimum absolute atomic E-state index is 0.00427. The molecule has 6 heteroatoms. The lowest BCUT2D eigenvalue weighted by Gasteiger charge is -2.19. The highest BCUT2D eigenvalue weighted by atomic mass is 16.4. The van der Waals surface area contributed by atoms with Gasteiger partial charge in [-0.3, -0.25) is 9.59 Å². The van der Waals surface area contributed by atoms with Crippen molar-refractivity contribution in [2.45, 2.75) is 44.6 Å². The average Bonchev–Trinajstić information content (AvgIpc) is 3.25. The maximum atomic E-state index is 12.0. The first-order chi connectivity index (χ1) is 10.6. The number of aliphatic carboxylic acids is 1. The van der Waals surface area contributed by atoms with Gasteiger partial charge in [0.15, 0.2) is 0 Å². The fraction of sp³-hybridized carbons (Fsp3) is 0.471. The van der Waals surface area contributed by atoms with Crippen molar-refractivity contribution in [1.29, 1.82) is 0 Å². The second-order valence-corrected chi connectivity index (χ2v) is 6.95. The van der Waals surface area contributed by atoms with Crippen LogP contribution in [0.25, 0.3) is 0 Å². The summed E-state index contributed by atoms with van der Waals surface area (Å²) in [6.07, 6.45) is 0.854. The number of benzene rings is 1. The molecule has 3 N–H and O–H groups in total. The zero-order chi connectivity index (χ0) is 17.3. The molecule has 1 aromatic carbocycles. The Morgan fingerprint density at radius 2 is 1.70 bits per heavy atom. The lowest BCUT2D eigenvalue weighted by molar-refractivity contribution is -0.143. The summed E-state index contributed by atoms with van der Waals surface area (Å²) in [6, 6.07) is 7.21. The van der Waals surface area contributed by atoms with Gasteiger partial charge in [0.05, 0.1) is 6.54 Å². The Hall–Kier alpha value is -2.37. The van der Waals surface area contributed by atoms with Crippen LogP contribution < -0.4 is 10.6 Å². The molecule has 0 atom stereocenters. The van der Waals surface area contributed by atoms with Gasteiger partial charge in [-0.25, -0.2) is 4.79 Å². The van der Waals surface area contributed by atoms with Gasteiger partial charge in [0.2, 0.25) is 5.91 Å². The molecule has 124 valence electrons. The first kappa shape index (κ1) is 17.0. The maximum absolute atomic E-state index is 12.0. The standard InChI is InChI=1S/C17H22N2O4/c1-16(2,3)12-6-4-11(5-7-12)14(21)18-10-13(20)19-17(8-9-17)15(22)23/h4-7H,8-10H2,1-3H3,(H,18,21)(H,19,20)(H,22,23). The Balaban J connectivity index is 1.87. The third-order valence-electron chi connectivity index (χ3n) is 3.96. The lowest BCUT2D eigenvalue weighted by Crippen LogP contribution is -2.47. The molecule has 2 amide bonds. The molecule has 0 aromatic heterocycles. The summed E-state index contributed by atoms with van der Waals surface area (Å²) in [7, 11) is 0. The van der Waals surface area contributed by atoms with Crippen LogP contribution in [0.3, 0.4) is 0 Å². The van der Waals surface area contributed by atoms with Gasteiger partial charge in [-0.05, 0) is 36.0 Å². The topological polar surface area (TPSA) is 95.5 Å². The Bertz CT molecular complexity index is 625. The molecule has 0 spiro atoms. The van der Waals surface area contributed by atoms with Crippen molar-refractivity contribution in [2.24, 2.45) is 0 Å². The summed E-state index contributed by atoms with van der Waals surface area (Å²) in [5.74, 6) is -1.89. The highest BCUT2D eigenvalue weighted by molar-refractivity contribution is 5.97. The predicted octanol–water partition coefficient (Wildman–Crippen LogP) is 1.45. The Morgan fingerprint density at radius 1 is 1.13 bits per heavy atom. The van der Waals surface area contributed by atoms with Gasteiger partial charge in [0, 0.05) is 5.56 Å². The number of rotatable bonds is 5. The number of hydrogen-bond acceptors (Lipinski definition) is 3. The molecule has 1 aliphatic rings. The molecule has 0 bridgehead atoms. The van der Waals surface area contributed by atoms with Crippen molar-refractivity contribution < 1.29 is 19.5 Å². The zero-order valence-corrected chi connectivity index (χ0v) is 13.6. The Kier molecular flexibility index (Phi) is 4.45. The Labute approximate surface area is 135 Å². The van der Waals surface area contributed by atoms with E-state index in [9.17, 15) is 14.4 Å². The van der Waals surface area contributed by atoms with Gasteiger partial charge in [0.25, 0.3) is 5.91 Å². The zero-order valence-electron chi connectivity index (χ0n) is 13.6. The Morgan fingerprint density at radius 3 is 2.13 bits per heavy atom. The van der Waals surface area contributed by atoms with Crippen LogP contribution in [0.2, 0.25) is 0 Å². The SMILES string of the molecule is CC(C)(C)c1ccc(C(=O)NCC(=O)NC2(C(=O)O)CC2)cc1. The van der Waals surface area contributed by atoms with E-state index in [-0.39, 0.29) is 17.9 Å². The molecular weight excluding hydrogens is 296 g/mol. The number of hydrogen-bond donors (Lipinski definition) is 3. The highest BCUT2D eigenvalue weighted by Crippen LogP contribution is 2.35. The average molecular weight is 318 g/mol. The van der Waals surface area contributed by atoms with Gasteiger partial charge < -0.3 is 15.7 Å². The molecule has 0 heterocycles. The van der Waals surface area contributed by atoms with E-state index < -0.39 is 17.4 Å². The normalized spacial score (nSPS) is 15.6. The fourth-order valence-electron chi connectivity index (χ4n) is 2.21. The molecule has 1 fully saturated rings. The van der Waals surface area contributed by atoms with Crippen molar-refractivity contribution >= 4 is 17.8 Å². The van der Waals surface area contributed by atoms with Gasteiger partial charge in [-0.2, -0.15) is 0 Å². The fourth-order valence-corrected chi connectivity index (χ4v) is 2.21. The van der Waals surface area contributed by atoms with Gasteiger partial charge in [-0.1, -0.05) is 32.9 Å². The number of carbonyl (C=O) groups excluding carboxylic acids is 2. The van der Waals surface area contributed by atoms with Crippen molar-refractivity contribution in [3.8, 4) is 0 Å². The first-order valence-electron chi connectivity index (χ1n) is 7.57. The third-order valence-corrected chi connectivity index (χ3v) is 3.96. The molecule has 1 saturated carbocycles. The van der Waals surface area contributed by atoms with Gasteiger partial charge in [-0.15, -0.1) is 0 Å². The number of amides is 2. The van der Waals surface area contributed by atoms with Crippen LogP contribution in [-0.4, -0.2) is 35.0 Å². The third kappa shape index (κ3) is 4.09. The number of carboxylic acids is 1. The van der Waals surface area contributed by atoms with Crippen LogP contribution in [-0.2, 0) is 15.0 Å². The van der Waals surface area contributed by atoms with E-state index in [4.69, 9.17) is 5.11 Å². The monoisotopic (exact) mass is 318 g/mol. The van der Waals surface area contributed by atoms with Crippen LogP contribution in [0.15, 0.2) is 24.3 Å². The van der Waals surface area contributed by atoms with E-state index in [1.807, 2.05) is 12.1 Å². The smallest absolute Gasteiger partial charge is 0.329 e. The van der Waals surface area contributed by atoms with E-state index in [0.717, 1.165) is 5.56 Å². The minimum Gasteiger partial charge on any atom is -0.480 e. The van der Waals surface area contributed by atoms with E-state index in [2.05, 4.69) is 31.4 Å². The van der Waals surface area contributed by atoms with E-state index in [1.54, 1.807) is 12.1 Å². The van der Waals surface area contributed by atoms with Crippen molar-refractivity contribution in [3.05, 3.63) is 35.4 Å². The second-order valence-electron chi connectivity index (χ2n) is 6.95. The van der Waals surface area contributed by atoms with Gasteiger partial charge in [0.1, 0.15) is 5.54 Å². The molecule has 1 aliphatic carbocycles. The summed E-state index contributed by atoms with van der Waals surface area (Å²) in [5.41, 5.74) is 0.453. The van der Waals surface area contributed by atoms with Crippen LogP contribution in [0.1, 0.15) is 49.5 Å². The minimum atomic E-state index is -1.13. The maximum Gasteiger partial charge on any atom is 0.329 e. The second kappa shape index (κ2) is 6.02. The predicted molar refractivity (Wildman–Crippen MR) is 85.2 cm³/mol. The number of nitrogens with one attached hydrogen (secondary N) is 2. The van der Waals surface area contributed by atoms with Crippen LogP contribution in [0.4, 0.5) is 0 Å². The van der Waals surface area contributed by atoms with Crippen molar-refractivity contribution in [2.75, 3.05) is 6.54 Å². The number of carboxylic acid groups (broad SMARTS) is 1. The molecule has 0 aliphatic heterocycles. The lowest BCUT2D eigenvalue weighted by atomic mass is 9.87. The molecule has 0 unspecified atom stereocenters.